The third kappa shape index (κ3) is 2.50. The Morgan fingerprint density at radius 2 is 1.83 bits per heavy atom. The second-order valence-corrected chi connectivity index (χ2v) is 6.09. The number of halogens is 3. The fourth-order valence-electron chi connectivity index (χ4n) is 2.57. The SMILES string of the molecule is CC(=O)N1C(=O)/C(=C(\O)c2ccc(F)c(F)c2)c2cc(Br)ccc21. The highest BCUT2D eigenvalue weighted by Crippen LogP contribution is 2.41. The molecule has 4 nitrogen and oxygen atoms in total. The Kier molecular flexibility index (Phi) is 3.96. The van der Waals surface area contributed by atoms with E-state index in [9.17, 15) is 23.5 Å². The fourth-order valence-corrected chi connectivity index (χ4v) is 2.93. The molecule has 1 aliphatic rings. The highest BCUT2D eigenvalue weighted by Gasteiger charge is 2.37. The maximum absolute atomic E-state index is 13.4. The molecule has 0 unspecified atom stereocenters. The standard InChI is InChI=1S/C17H10BrF2NO3/c1-8(22)21-14-5-3-10(18)7-11(14)15(17(21)24)16(23)9-2-4-12(19)13(20)6-9/h2-7,23H,1H3/b16-15-. The highest BCUT2D eigenvalue weighted by molar-refractivity contribution is 9.10. The lowest BCUT2D eigenvalue weighted by Gasteiger charge is -2.11. The summed E-state index contributed by atoms with van der Waals surface area (Å²) in [6, 6.07) is 7.58. The number of benzene rings is 2. The number of rotatable bonds is 1. The van der Waals surface area contributed by atoms with Gasteiger partial charge in [0.25, 0.3) is 5.91 Å². The Morgan fingerprint density at radius 1 is 1.12 bits per heavy atom. The largest absolute Gasteiger partial charge is 0.506 e. The van der Waals surface area contributed by atoms with Gasteiger partial charge in [0.2, 0.25) is 5.91 Å². The number of aliphatic hydroxyl groups is 1. The number of aliphatic hydroxyl groups excluding tert-OH is 1. The third-order valence-electron chi connectivity index (χ3n) is 3.63. The van der Waals surface area contributed by atoms with Crippen LogP contribution in [0, 0.1) is 11.6 Å². The first kappa shape index (κ1) is 16.3. The quantitative estimate of drug-likeness (QED) is 0.587. The van der Waals surface area contributed by atoms with Crippen LogP contribution in [-0.2, 0) is 9.59 Å². The number of amides is 2. The van der Waals surface area contributed by atoms with Crippen molar-refractivity contribution in [2.24, 2.45) is 0 Å². The van der Waals surface area contributed by atoms with Crippen LogP contribution in [0.4, 0.5) is 14.5 Å². The van der Waals surface area contributed by atoms with Gasteiger partial charge in [0.15, 0.2) is 11.6 Å². The lowest BCUT2D eigenvalue weighted by molar-refractivity contribution is -0.122. The monoisotopic (exact) mass is 393 g/mol. The van der Waals surface area contributed by atoms with E-state index in [4.69, 9.17) is 0 Å². The number of carbonyl (C=O) groups excluding carboxylic acids is 2. The van der Waals surface area contributed by atoms with Gasteiger partial charge in [-0.15, -0.1) is 0 Å². The number of imide groups is 1. The van der Waals surface area contributed by atoms with Crippen LogP contribution in [0.3, 0.4) is 0 Å². The van der Waals surface area contributed by atoms with Crippen LogP contribution >= 0.6 is 15.9 Å². The molecule has 0 atom stereocenters. The molecule has 0 fully saturated rings. The zero-order valence-corrected chi connectivity index (χ0v) is 13.9. The Bertz CT molecular complexity index is 924. The van der Waals surface area contributed by atoms with E-state index in [1.165, 1.54) is 6.92 Å². The average molecular weight is 394 g/mol. The van der Waals surface area contributed by atoms with Gasteiger partial charge < -0.3 is 5.11 Å². The molecule has 0 aromatic heterocycles. The van der Waals surface area contributed by atoms with Crippen LogP contribution in [-0.4, -0.2) is 16.9 Å². The number of hydrogen-bond acceptors (Lipinski definition) is 3. The summed E-state index contributed by atoms with van der Waals surface area (Å²) in [6.07, 6.45) is 0. The molecule has 0 radical (unpaired) electrons. The maximum Gasteiger partial charge on any atom is 0.269 e. The van der Waals surface area contributed by atoms with E-state index >= 15 is 0 Å². The molecule has 2 aromatic rings. The fraction of sp³-hybridized carbons (Fsp3) is 0.0588. The van der Waals surface area contributed by atoms with Gasteiger partial charge in [0.05, 0.1) is 11.3 Å². The molecule has 0 spiro atoms. The Balaban J connectivity index is 2.27. The van der Waals surface area contributed by atoms with Gasteiger partial charge in [-0.2, -0.15) is 0 Å². The molecular formula is C17H10BrF2NO3. The van der Waals surface area contributed by atoms with Crippen LogP contribution in [0.15, 0.2) is 40.9 Å². The molecule has 2 aromatic carbocycles. The summed E-state index contributed by atoms with van der Waals surface area (Å²) in [7, 11) is 0. The molecule has 0 saturated heterocycles. The molecule has 0 aliphatic carbocycles. The summed E-state index contributed by atoms with van der Waals surface area (Å²) in [6.45, 7) is 1.22. The number of carbonyl (C=O) groups is 2. The number of hydrogen-bond donors (Lipinski definition) is 1. The lowest BCUT2D eigenvalue weighted by Crippen LogP contribution is -2.31. The first-order valence-electron chi connectivity index (χ1n) is 6.85. The molecule has 3 rings (SSSR count). The smallest absolute Gasteiger partial charge is 0.269 e. The van der Waals surface area contributed by atoms with E-state index in [-0.39, 0.29) is 11.1 Å². The summed E-state index contributed by atoms with van der Waals surface area (Å²) < 4.78 is 27.1. The summed E-state index contributed by atoms with van der Waals surface area (Å²) in [5.41, 5.74) is 0.438. The number of nitrogens with zero attached hydrogens (tertiary/aromatic N) is 1. The number of fused-ring (bicyclic) bond motifs is 1. The van der Waals surface area contributed by atoms with Gasteiger partial charge in [0, 0.05) is 22.5 Å². The van der Waals surface area contributed by atoms with Crippen LogP contribution in [0.1, 0.15) is 18.1 Å². The summed E-state index contributed by atoms with van der Waals surface area (Å²) in [5, 5.41) is 10.5. The van der Waals surface area contributed by atoms with Gasteiger partial charge in [-0.1, -0.05) is 15.9 Å². The van der Waals surface area contributed by atoms with E-state index in [1.54, 1.807) is 18.2 Å². The molecule has 7 heteroatoms. The van der Waals surface area contributed by atoms with E-state index in [1.807, 2.05) is 0 Å². The summed E-state index contributed by atoms with van der Waals surface area (Å²) >= 11 is 3.27. The molecule has 1 N–H and O–H groups in total. The van der Waals surface area contributed by atoms with Crippen molar-refractivity contribution in [3.63, 3.8) is 0 Å². The second kappa shape index (κ2) is 5.83. The Labute approximate surface area is 144 Å². The maximum atomic E-state index is 13.4. The molecule has 1 aliphatic heterocycles. The van der Waals surface area contributed by atoms with Crippen LogP contribution in [0.5, 0.6) is 0 Å². The van der Waals surface area contributed by atoms with Gasteiger partial charge in [-0.3, -0.25) is 9.59 Å². The zero-order valence-electron chi connectivity index (χ0n) is 12.3. The summed E-state index contributed by atoms with van der Waals surface area (Å²) in [5.74, 6) is -3.98. The topological polar surface area (TPSA) is 57.6 Å². The normalized spacial score (nSPS) is 15.5. The second-order valence-electron chi connectivity index (χ2n) is 5.17. The predicted octanol–water partition coefficient (Wildman–Crippen LogP) is 4.05. The van der Waals surface area contributed by atoms with Gasteiger partial charge in [0.1, 0.15) is 5.76 Å². The average Bonchev–Trinajstić information content (AvgIpc) is 2.80. The minimum atomic E-state index is -1.15. The van der Waals surface area contributed by atoms with Crippen molar-refractivity contribution in [1.82, 2.24) is 0 Å². The Morgan fingerprint density at radius 3 is 2.46 bits per heavy atom. The molecular weight excluding hydrogens is 384 g/mol. The van der Waals surface area contributed by atoms with Crippen LogP contribution < -0.4 is 4.90 Å². The van der Waals surface area contributed by atoms with Crippen molar-refractivity contribution in [2.45, 2.75) is 6.92 Å². The molecule has 24 heavy (non-hydrogen) atoms. The molecule has 2 amide bonds. The molecule has 0 bridgehead atoms. The highest BCUT2D eigenvalue weighted by atomic mass is 79.9. The summed E-state index contributed by atoms with van der Waals surface area (Å²) in [4.78, 5) is 25.3. The van der Waals surface area contributed by atoms with E-state index in [0.29, 0.717) is 15.7 Å². The van der Waals surface area contributed by atoms with Crippen molar-refractivity contribution in [2.75, 3.05) is 4.90 Å². The van der Waals surface area contributed by atoms with E-state index < -0.39 is 29.2 Å². The van der Waals surface area contributed by atoms with Crippen LogP contribution in [0.25, 0.3) is 11.3 Å². The van der Waals surface area contributed by atoms with Gasteiger partial charge >= 0.3 is 0 Å². The molecule has 1 heterocycles. The first-order chi connectivity index (χ1) is 11.3. The third-order valence-corrected chi connectivity index (χ3v) is 4.12. The van der Waals surface area contributed by atoms with Gasteiger partial charge in [-0.05, 0) is 36.4 Å². The van der Waals surface area contributed by atoms with Crippen molar-refractivity contribution in [3.8, 4) is 0 Å². The first-order valence-corrected chi connectivity index (χ1v) is 7.64. The predicted molar refractivity (Wildman–Crippen MR) is 88.1 cm³/mol. The van der Waals surface area contributed by atoms with Crippen molar-refractivity contribution < 1.29 is 23.5 Å². The van der Waals surface area contributed by atoms with Crippen molar-refractivity contribution in [3.05, 3.63) is 63.6 Å². The minimum Gasteiger partial charge on any atom is -0.506 e. The van der Waals surface area contributed by atoms with Gasteiger partial charge in [-0.25, -0.2) is 13.7 Å². The van der Waals surface area contributed by atoms with Crippen LogP contribution in [0.2, 0.25) is 0 Å². The Hall–Kier alpha value is -2.54. The lowest BCUT2D eigenvalue weighted by atomic mass is 10.0. The molecule has 122 valence electrons. The molecule has 0 saturated carbocycles. The minimum absolute atomic E-state index is 0.0615. The van der Waals surface area contributed by atoms with Crippen molar-refractivity contribution >= 4 is 44.8 Å². The number of anilines is 1. The van der Waals surface area contributed by atoms with E-state index in [0.717, 1.165) is 23.1 Å². The zero-order chi connectivity index (χ0) is 17.6. The van der Waals surface area contributed by atoms with E-state index in [2.05, 4.69) is 15.9 Å². The van der Waals surface area contributed by atoms with Crippen molar-refractivity contribution in [1.29, 1.82) is 0 Å².